The van der Waals surface area contributed by atoms with Gasteiger partial charge >= 0.3 is 0 Å². The Hall–Kier alpha value is -1.89. The lowest BCUT2D eigenvalue weighted by molar-refractivity contribution is 0.622. The lowest BCUT2D eigenvalue weighted by atomic mass is 10.0. The highest BCUT2D eigenvalue weighted by molar-refractivity contribution is 5.50. The van der Waals surface area contributed by atoms with E-state index in [0.717, 1.165) is 24.8 Å². The summed E-state index contributed by atoms with van der Waals surface area (Å²) in [5, 5.41) is 0. The van der Waals surface area contributed by atoms with Crippen molar-refractivity contribution in [3.05, 3.63) is 76.6 Å². The van der Waals surface area contributed by atoms with Crippen LogP contribution in [0.5, 0.6) is 0 Å². The fourth-order valence-electron chi connectivity index (χ4n) is 2.27. The third-order valence-corrected chi connectivity index (χ3v) is 3.54. The van der Waals surface area contributed by atoms with E-state index < -0.39 is 0 Å². The van der Waals surface area contributed by atoms with E-state index >= 15 is 0 Å². The maximum absolute atomic E-state index is 13.8. The van der Waals surface area contributed by atoms with Crippen LogP contribution in [0.4, 0.5) is 4.39 Å². The van der Waals surface area contributed by atoms with E-state index in [-0.39, 0.29) is 5.82 Å². The standard InChI is InChI=1S/C19H21F/c1-3-5-18-13-12-17(14-19(18)20)11-10-16-8-6-15(4-2)7-9-16/h3,5-9,12-14H,4,10-11H2,1-2H3/b5-3+. The molecule has 0 nitrogen and oxygen atoms in total. The molecule has 0 unspecified atom stereocenters. The van der Waals surface area contributed by atoms with Crippen molar-refractivity contribution >= 4 is 6.08 Å². The molecule has 2 aromatic rings. The number of halogens is 1. The number of rotatable bonds is 5. The van der Waals surface area contributed by atoms with Gasteiger partial charge in [0, 0.05) is 5.56 Å². The van der Waals surface area contributed by atoms with Crippen LogP contribution in [0.2, 0.25) is 0 Å². The van der Waals surface area contributed by atoms with E-state index in [4.69, 9.17) is 0 Å². The first-order valence-corrected chi connectivity index (χ1v) is 7.22. The number of hydrogen-bond donors (Lipinski definition) is 0. The van der Waals surface area contributed by atoms with Gasteiger partial charge in [0.05, 0.1) is 0 Å². The van der Waals surface area contributed by atoms with Crippen molar-refractivity contribution in [2.24, 2.45) is 0 Å². The molecule has 0 N–H and O–H groups in total. The summed E-state index contributed by atoms with van der Waals surface area (Å²) < 4.78 is 13.8. The summed E-state index contributed by atoms with van der Waals surface area (Å²) in [5.74, 6) is -0.137. The lowest BCUT2D eigenvalue weighted by Gasteiger charge is -2.05. The van der Waals surface area contributed by atoms with Crippen LogP contribution in [0.3, 0.4) is 0 Å². The highest BCUT2D eigenvalue weighted by Gasteiger charge is 2.02. The molecule has 0 bridgehead atoms. The predicted molar refractivity (Wildman–Crippen MR) is 84.3 cm³/mol. The van der Waals surface area contributed by atoms with Gasteiger partial charge in [-0.05, 0) is 48.9 Å². The van der Waals surface area contributed by atoms with Gasteiger partial charge in [-0.15, -0.1) is 0 Å². The number of allylic oxidation sites excluding steroid dienone is 1. The first-order valence-electron chi connectivity index (χ1n) is 7.22. The van der Waals surface area contributed by atoms with Crippen molar-refractivity contribution in [2.75, 3.05) is 0 Å². The Morgan fingerprint density at radius 1 is 0.900 bits per heavy atom. The van der Waals surface area contributed by atoms with Crippen LogP contribution >= 0.6 is 0 Å². The van der Waals surface area contributed by atoms with E-state index in [2.05, 4.69) is 31.2 Å². The molecule has 104 valence electrons. The van der Waals surface area contributed by atoms with Gasteiger partial charge in [0.2, 0.25) is 0 Å². The summed E-state index contributed by atoms with van der Waals surface area (Å²) in [6, 6.07) is 14.2. The highest BCUT2D eigenvalue weighted by atomic mass is 19.1. The Labute approximate surface area is 121 Å². The van der Waals surface area contributed by atoms with Crippen molar-refractivity contribution in [2.45, 2.75) is 33.1 Å². The van der Waals surface area contributed by atoms with Gasteiger partial charge < -0.3 is 0 Å². The van der Waals surface area contributed by atoms with E-state index in [9.17, 15) is 4.39 Å². The quantitative estimate of drug-likeness (QED) is 0.698. The smallest absolute Gasteiger partial charge is 0.130 e. The minimum Gasteiger partial charge on any atom is -0.206 e. The van der Waals surface area contributed by atoms with Crippen LogP contribution in [0, 0.1) is 5.82 Å². The van der Waals surface area contributed by atoms with Gasteiger partial charge in [-0.25, -0.2) is 4.39 Å². The van der Waals surface area contributed by atoms with Crippen LogP contribution in [0.1, 0.15) is 36.1 Å². The van der Waals surface area contributed by atoms with Crippen molar-refractivity contribution in [3.63, 3.8) is 0 Å². The molecule has 20 heavy (non-hydrogen) atoms. The van der Waals surface area contributed by atoms with Crippen LogP contribution in [0.15, 0.2) is 48.5 Å². The van der Waals surface area contributed by atoms with Crippen LogP contribution < -0.4 is 0 Å². The minimum absolute atomic E-state index is 0.137. The van der Waals surface area contributed by atoms with E-state index in [0.29, 0.717) is 5.56 Å². The Morgan fingerprint density at radius 2 is 1.50 bits per heavy atom. The van der Waals surface area contributed by atoms with Gasteiger partial charge in [0.1, 0.15) is 5.82 Å². The van der Waals surface area contributed by atoms with Gasteiger partial charge in [0.15, 0.2) is 0 Å². The summed E-state index contributed by atoms with van der Waals surface area (Å²) in [4.78, 5) is 0. The second-order valence-corrected chi connectivity index (χ2v) is 5.03. The summed E-state index contributed by atoms with van der Waals surface area (Å²) in [7, 11) is 0. The summed E-state index contributed by atoms with van der Waals surface area (Å²) >= 11 is 0. The molecular formula is C19H21F. The predicted octanol–water partition coefficient (Wildman–Crippen LogP) is 5.21. The van der Waals surface area contributed by atoms with Gasteiger partial charge in [-0.1, -0.05) is 55.5 Å². The summed E-state index contributed by atoms with van der Waals surface area (Å²) in [5.41, 5.74) is 4.37. The van der Waals surface area contributed by atoms with Gasteiger partial charge in [0.25, 0.3) is 0 Å². The molecule has 0 radical (unpaired) electrons. The van der Waals surface area contributed by atoms with Crippen molar-refractivity contribution < 1.29 is 4.39 Å². The van der Waals surface area contributed by atoms with Crippen molar-refractivity contribution in [1.29, 1.82) is 0 Å². The molecule has 0 amide bonds. The maximum atomic E-state index is 13.8. The number of benzene rings is 2. The molecule has 0 atom stereocenters. The second kappa shape index (κ2) is 7.04. The lowest BCUT2D eigenvalue weighted by Crippen LogP contribution is -1.94. The first-order chi connectivity index (χ1) is 9.72. The highest BCUT2D eigenvalue weighted by Crippen LogP contribution is 2.15. The number of hydrogen-bond acceptors (Lipinski definition) is 0. The molecule has 0 aliphatic rings. The molecule has 0 spiro atoms. The molecule has 0 saturated carbocycles. The zero-order valence-corrected chi connectivity index (χ0v) is 12.2. The first kappa shape index (κ1) is 14.5. The van der Waals surface area contributed by atoms with Crippen LogP contribution in [-0.4, -0.2) is 0 Å². The molecule has 0 fully saturated rings. The van der Waals surface area contributed by atoms with Crippen LogP contribution in [-0.2, 0) is 19.3 Å². The Balaban J connectivity index is 2.01. The van der Waals surface area contributed by atoms with Crippen molar-refractivity contribution in [1.82, 2.24) is 0 Å². The Bertz CT molecular complexity index is 579. The van der Waals surface area contributed by atoms with E-state index in [1.54, 1.807) is 12.1 Å². The molecule has 0 aliphatic heterocycles. The van der Waals surface area contributed by atoms with Gasteiger partial charge in [-0.3, -0.25) is 0 Å². The van der Waals surface area contributed by atoms with E-state index in [1.165, 1.54) is 11.1 Å². The molecular weight excluding hydrogens is 247 g/mol. The molecule has 2 rings (SSSR count). The summed E-state index contributed by atoms with van der Waals surface area (Å²) in [6.07, 6.45) is 6.54. The Kier molecular flexibility index (Phi) is 5.11. The SMILES string of the molecule is C/C=C/c1ccc(CCc2ccc(CC)cc2)cc1F. The fraction of sp³-hybridized carbons (Fsp3) is 0.263. The molecule has 0 saturated heterocycles. The second-order valence-electron chi connectivity index (χ2n) is 5.03. The normalized spacial score (nSPS) is 11.2. The van der Waals surface area contributed by atoms with Crippen molar-refractivity contribution in [3.8, 4) is 0 Å². The average molecular weight is 268 g/mol. The summed E-state index contributed by atoms with van der Waals surface area (Å²) in [6.45, 7) is 4.05. The monoisotopic (exact) mass is 268 g/mol. The third kappa shape index (κ3) is 3.80. The third-order valence-electron chi connectivity index (χ3n) is 3.54. The maximum Gasteiger partial charge on any atom is 0.130 e. The zero-order valence-electron chi connectivity index (χ0n) is 12.2. The largest absolute Gasteiger partial charge is 0.206 e. The fourth-order valence-corrected chi connectivity index (χ4v) is 2.27. The molecule has 1 heteroatoms. The van der Waals surface area contributed by atoms with Crippen LogP contribution in [0.25, 0.3) is 6.08 Å². The van der Waals surface area contributed by atoms with E-state index in [1.807, 2.05) is 25.1 Å². The average Bonchev–Trinajstić information content (AvgIpc) is 2.48. The number of aryl methyl sites for hydroxylation is 3. The molecule has 2 aromatic carbocycles. The minimum atomic E-state index is -0.137. The molecule has 0 aliphatic carbocycles. The molecule has 0 heterocycles. The topological polar surface area (TPSA) is 0 Å². The Morgan fingerprint density at radius 3 is 2.10 bits per heavy atom. The van der Waals surface area contributed by atoms with Gasteiger partial charge in [-0.2, -0.15) is 0 Å². The zero-order chi connectivity index (χ0) is 14.4. The molecule has 0 aromatic heterocycles.